The van der Waals surface area contributed by atoms with Gasteiger partial charge in [0.1, 0.15) is 0 Å². The molecular formula is C19H14F3N3O4S. The zero-order chi connectivity index (χ0) is 21.8. The third-order valence-corrected chi connectivity index (χ3v) is 4.74. The number of amides is 2. The summed E-state index contributed by atoms with van der Waals surface area (Å²) in [7, 11) is 0. The minimum absolute atomic E-state index is 0.234. The second-order valence-corrected chi connectivity index (χ2v) is 6.96. The molecule has 2 N–H and O–H groups in total. The van der Waals surface area contributed by atoms with Gasteiger partial charge in [-0.1, -0.05) is 0 Å². The van der Waals surface area contributed by atoms with Gasteiger partial charge in [0.15, 0.2) is 23.6 Å². The zero-order valence-corrected chi connectivity index (χ0v) is 16.2. The lowest BCUT2D eigenvalue weighted by Crippen LogP contribution is -2.40. The molecule has 7 nitrogen and oxygen atoms in total. The molecule has 30 heavy (non-hydrogen) atoms. The highest BCUT2D eigenvalue weighted by Crippen LogP contribution is 2.20. The van der Waals surface area contributed by atoms with Crippen molar-refractivity contribution in [2.45, 2.75) is 13.0 Å². The Hall–Kier alpha value is -3.47. The van der Waals surface area contributed by atoms with Crippen LogP contribution in [0.5, 0.6) is 0 Å². The Balaban J connectivity index is 1.52. The highest BCUT2D eigenvalue weighted by molar-refractivity contribution is 7.16. The highest BCUT2D eigenvalue weighted by Gasteiger charge is 2.21. The SMILES string of the molecule is C[C@H](OC(=O)c1ccc2ncsc2c1)C(=O)NCC(=O)Nc1ccc(F)c(F)c1F. The van der Waals surface area contributed by atoms with Crippen LogP contribution in [0.15, 0.2) is 35.8 Å². The van der Waals surface area contributed by atoms with Gasteiger partial charge in [0.25, 0.3) is 5.91 Å². The second-order valence-electron chi connectivity index (χ2n) is 6.07. The number of carbonyl (C=O) groups excluding carboxylic acids is 3. The predicted molar refractivity (Wildman–Crippen MR) is 102 cm³/mol. The monoisotopic (exact) mass is 437 g/mol. The van der Waals surface area contributed by atoms with Gasteiger partial charge >= 0.3 is 5.97 Å². The molecule has 0 spiro atoms. The smallest absolute Gasteiger partial charge is 0.338 e. The first kappa shape index (κ1) is 21.2. The molecule has 156 valence electrons. The van der Waals surface area contributed by atoms with Crippen molar-refractivity contribution >= 4 is 45.0 Å². The Morgan fingerprint density at radius 1 is 1.13 bits per heavy atom. The molecule has 0 saturated heterocycles. The second kappa shape index (κ2) is 8.91. The minimum Gasteiger partial charge on any atom is -0.449 e. The van der Waals surface area contributed by atoms with Crippen LogP contribution in [-0.4, -0.2) is 35.4 Å². The van der Waals surface area contributed by atoms with E-state index >= 15 is 0 Å². The van der Waals surface area contributed by atoms with Crippen LogP contribution in [0.2, 0.25) is 0 Å². The van der Waals surface area contributed by atoms with Crippen molar-refractivity contribution in [1.29, 1.82) is 0 Å². The van der Waals surface area contributed by atoms with Crippen LogP contribution in [0.3, 0.4) is 0 Å². The number of benzene rings is 2. The lowest BCUT2D eigenvalue weighted by molar-refractivity contribution is -0.130. The molecule has 0 aliphatic carbocycles. The first-order chi connectivity index (χ1) is 14.3. The van der Waals surface area contributed by atoms with E-state index in [1.54, 1.807) is 17.6 Å². The van der Waals surface area contributed by atoms with Crippen LogP contribution >= 0.6 is 11.3 Å². The van der Waals surface area contributed by atoms with Crippen molar-refractivity contribution in [3.05, 3.63) is 58.9 Å². The Labute approximate surface area is 171 Å². The van der Waals surface area contributed by atoms with Gasteiger partial charge in [-0.15, -0.1) is 11.3 Å². The first-order valence-electron chi connectivity index (χ1n) is 8.51. The maximum Gasteiger partial charge on any atom is 0.338 e. The summed E-state index contributed by atoms with van der Waals surface area (Å²) in [6.45, 7) is 0.706. The van der Waals surface area contributed by atoms with E-state index in [2.05, 4.69) is 10.3 Å². The number of ether oxygens (including phenoxy) is 1. The van der Waals surface area contributed by atoms with Crippen LogP contribution in [0, 0.1) is 17.5 Å². The fraction of sp³-hybridized carbons (Fsp3) is 0.158. The first-order valence-corrected chi connectivity index (χ1v) is 9.39. The molecule has 11 heteroatoms. The van der Waals surface area contributed by atoms with Crippen molar-refractivity contribution in [2.75, 3.05) is 11.9 Å². The summed E-state index contributed by atoms with van der Waals surface area (Å²) in [5.41, 5.74) is 2.02. The van der Waals surface area contributed by atoms with E-state index in [0.29, 0.717) is 6.07 Å². The lowest BCUT2D eigenvalue weighted by Gasteiger charge is -2.14. The molecule has 0 radical (unpaired) electrons. The Bertz CT molecular complexity index is 1140. The summed E-state index contributed by atoms with van der Waals surface area (Å²) in [5.74, 6) is -7.08. The van der Waals surface area contributed by atoms with Gasteiger partial charge in [0, 0.05) is 0 Å². The molecular weight excluding hydrogens is 423 g/mol. The van der Waals surface area contributed by atoms with Crippen molar-refractivity contribution < 1.29 is 32.3 Å². The van der Waals surface area contributed by atoms with Crippen LogP contribution in [-0.2, 0) is 14.3 Å². The molecule has 1 heterocycles. The normalized spacial score (nSPS) is 11.7. The van der Waals surface area contributed by atoms with Gasteiger partial charge < -0.3 is 15.4 Å². The molecule has 2 amide bonds. The van der Waals surface area contributed by atoms with Crippen LogP contribution < -0.4 is 10.6 Å². The predicted octanol–water partition coefficient (Wildman–Crippen LogP) is 3.01. The molecule has 0 unspecified atom stereocenters. The number of halogens is 3. The number of nitrogens with one attached hydrogen (secondary N) is 2. The summed E-state index contributed by atoms with van der Waals surface area (Å²) in [5, 5.41) is 4.21. The molecule has 1 aromatic heterocycles. The standard InChI is InChI=1S/C19H14F3N3O4S/c1-9(29-19(28)10-2-4-12-14(6-10)30-8-24-12)18(27)23-7-15(26)25-13-5-3-11(20)16(21)17(13)22/h2-6,8-9H,7H2,1H3,(H,23,27)(H,25,26)/t9-/m0/s1. The van der Waals surface area contributed by atoms with E-state index in [-0.39, 0.29) is 5.56 Å². The molecule has 0 saturated carbocycles. The number of hydrogen-bond acceptors (Lipinski definition) is 6. The molecule has 0 aliphatic rings. The van der Waals surface area contributed by atoms with E-state index < -0.39 is 53.6 Å². The van der Waals surface area contributed by atoms with Gasteiger partial charge in [-0.3, -0.25) is 9.59 Å². The number of rotatable bonds is 6. The van der Waals surface area contributed by atoms with Gasteiger partial charge in [-0.2, -0.15) is 0 Å². The Kier molecular flexibility index (Phi) is 6.31. The molecule has 3 aromatic rings. The summed E-state index contributed by atoms with van der Waals surface area (Å²) >= 11 is 1.35. The van der Waals surface area contributed by atoms with E-state index in [1.807, 2.05) is 5.32 Å². The maximum atomic E-state index is 13.6. The van der Waals surface area contributed by atoms with Crippen molar-refractivity contribution in [1.82, 2.24) is 10.3 Å². The number of nitrogens with zero attached hydrogens (tertiary/aromatic N) is 1. The van der Waals surface area contributed by atoms with E-state index in [0.717, 1.165) is 16.3 Å². The number of hydrogen-bond donors (Lipinski definition) is 2. The molecule has 2 aromatic carbocycles. The van der Waals surface area contributed by atoms with E-state index in [1.165, 1.54) is 24.3 Å². The largest absolute Gasteiger partial charge is 0.449 e. The summed E-state index contributed by atoms with van der Waals surface area (Å²) < 4.78 is 45.5. The van der Waals surface area contributed by atoms with Gasteiger partial charge in [0.05, 0.1) is 33.5 Å². The number of thiazole rings is 1. The summed E-state index contributed by atoms with van der Waals surface area (Å²) in [6, 6.07) is 6.24. The molecule has 0 bridgehead atoms. The van der Waals surface area contributed by atoms with Crippen LogP contribution in [0.1, 0.15) is 17.3 Å². The summed E-state index contributed by atoms with van der Waals surface area (Å²) in [4.78, 5) is 40.1. The van der Waals surface area contributed by atoms with Crippen molar-refractivity contribution in [3.8, 4) is 0 Å². The third-order valence-electron chi connectivity index (χ3n) is 3.95. The van der Waals surface area contributed by atoms with Crippen LogP contribution in [0.25, 0.3) is 10.2 Å². The number of esters is 1. The fourth-order valence-electron chi connectivity index (χ4n) is 2.39. The highest BCUT2D eigenvalue weighted by atomic mass is 32.1. The third kappa shape index (κ3) is 4.74. The maximum absolute atomic E-state index is 13.6. The lowest BCUT2D eigenvalue weighted by atomic mass is 10.2. The topological polar surface area (TPSA) is 97.4 Å². The zero-order valence-electron chi connectivity index (χ0n) is 15.4. The molecule has 0 aliphatic heterocycles. The average molecular weight is 437 g/mol. The quantitative estimate of drug-likeness (QED) is 0.457. The number of anilines is 1. The molecule has 1 atom stereocenters. The van der Waals surface area contributed by atoms with Gasteiger partial charge in [-0.25, -0.2) is 22.9 Å². The fourth-order valence-corrected chi connectivity index (χ4v) is 3.11. The Morgan fingerprint density at radius 3 is 2.67 bits per heavy atom. The number of fused-ring (bicyclic) bond motifs is 1. The molecule has 3 rings (SSSR count). The number of carbonyl (C=O) groups is 3. The summed E-state index contributed by atoms with van der Waals surface area (Å²) in [6.07, 6.45) is -1.22. The number of aromatic nitrogens is 1. The average Bonchev–Trinajstić information content (AvgIpc) is 3.20. The van der Waals surface area contributed by atoms with Crippen molar-refractivity contribution in [2.24, 2.45) is 0 Å². The van der Waals surface area contributed by atoms with Crippen molar-refractivity contribution in [3.63, 3.8) is 0 Å². The minimum atomic E-state index is -1.73. The van der Waals surface area contributed by atoms with E-state index in [9.17, 15) is 27.6 Å². The van der Waals surface area contributed by atoms with Crippen LogP contribution in [0.4, 0.5) is 18.9 Å². The Morgan fingerprint density at radius 2 is 1.90 bits per heavy atom. The van der Waals surface area contributed by atoms with Gasteiger partial charge in [-0.05, 0) is 37.3 Å². The van der Waals surface area contributed by atoms with E-state index in [4.69, 9.17) is 4.74 Å². The molecule has 0 fully saturated rings. The van der Waals surface area contributed by atoms with Gasteiger partial charge in [0.2, 0.25) is 5.91 Å².